The summed E-state index contributed by atoms with van der Waals surface area (Å²) in [5.41, 5.74) is 11.5. The van der Waals surface area contributed by atoms with Crippen LogP contribution in [0.5, 0.6) is 5.88 Å². The molecule has 3 N–H and O–H groups in total. The summed E-state index contributed by atoms with van der Waals surface area (Å²) in [6, 6.07) is 12.2. The predicted molar refractivity (Wildman–Crippen MR) is 139 cm³/mol. The molecule has 8 heteroatoms. The van der Waals surface area contributed by atoms with Gasteiger partial charge in [-0.3, -0.25) is 4.79 Å². The lowest BCUT2D eigenvalue weighted by Gasteiger charge is -2.30. The van der Waals surface area contributed by atoms with Gasteiger partial charge in [-0.25, -0.2) is 4.98 Å². The van der Waals surface area contributed by atoms with Crippen LogP contribution in [0, 0.1) is 13.8 Å². The third-order valence-electron chi connectivity index (χ3n) is 6.46. The maximum absolute atomic E-state index is 12.3. The Morgan fingerprint density at radius 2 is 1.88 bits per heavy atom. The first kappa shape index (κ1) is 24.2. The van der Waals surface area contributed by atoms with Gasteiger partial charge in [-0.1, -0.05) is 34.1 Å². The predicted octanol–water partition coefficient (Wildman–Crippen LogP) is 5.18. The molecule has 0 atom stereocenters. The minimum Gasteiger partial charge on any atom is -0.480 e. The van der Waals surface area contributed by atoms with Gasteiger partial charge in [0.25, 0.3) is 5.91 Å². The molecule has 2 aromatic carbocycles. The molecule has 0 spiro atoms. The summed E-state index contributed by atoms with van der Waals surface area (Å²) in [6.07, 6.45) is 2.35. The highest BCUT2D eigenvalue weighted by Gasteiger charge is 2.24. The van der Waals surface area contributed by atoms with Crippen molar-refractivity contribution in [3.8, 4) is 17.1 Å². The standard InChI is InChI=1S/C26H30BrN5O2/c1-15-6-5-7-20(27)21(15)23-22(24(28)33)25(34-4)31-26(30-23)29-18-8-9-19(16(2)14-18)17-10-12-32(3)13-11-17/h5-9,14,17H,10-13H2,1-4H3,(H2,28,33)(H,29,30,31). The number of nitrogens with two attached hydrogens (primary N) is 1. The first-order valence-electron chi connectivity index (χ1n) is 11.4. The van der Waals surface area contributed by atoms with Crippen LogP contribution < -0.4 is 15.8 Å². The number of nitrogens with one attached hydrogen (secondary N) is 1. The molecule has 0 bridgehead atoms. The summed E-state index contributed by atoms with van der Waals surface area (Å²) in [6.45, 7) is 6.35. The van der Waals surface area contributed by atoms with E-state index in [-0.39, 0.29) is 11.4 Å². The molecule has 1 saturated heterocycles. The number of nitrogens with zero attached hydrogens (tertiary/aromatic N) is 3. The van der Waals surface area contributed by atoms with Crippen LogP contribution in [0.15, 0.2) is 40.9 Å². The second-order valence-corrected chi connectivity index (χ2v) is 9.70. The monoisotopic (exact) mass is 523 g/mol. The highest BCUT2D eigenvalue weighted by molar-refractivity contribution is 9.10. The molecule has 3 aromatic rings. The molecule has 4 rings (SSSR count). The van der Waals surface area contributed by atoms with Crippen LogP contribution in [0.4, 0.5) is 11.6 Å². The van der Waals surface area contributed by atoms with Crippen molar-refractivity contribution in [1.29, 1.82) is 0 Å². The first-order valence-corrected chi connectivity index (χ1v) is 12.1. The number of piperidine rings is 1. The van der Waals surface area contributed by atoms with Crippen molar-refractivity contribution in [1.82, 2.24) is 14.9 Å². The van der Waals surface area contributed by atoms with E-state index >= 15 is 0 Å². The van der Waals surface area contributed by atoms with Crippen LogP contribution in [-0.2, 0) is 0 Å². The van der Waals surface area contributed by atoms with Crippen LogP contribution in [0.2, 0.25) is 0 Å². The number of carbonyl (C=O) groups is 1. The molecule has 1 aromatic heterocycles. The zero-order valence-electron chi connectivity index (χ0n) is 20.0. The fourth-order valence-electron chi connectivity index (χ4n) is 4.64. The summed E-state index contributed by atoms with van der Waals surface area (Å²) in [4.78, 5) is 23.9. The Balaban J connectivity index is 1.71. The number of methoxy groups -OCH3 is 1. The number of primary amides is 1. The van der Waals surface area contributed by atoms with Crippen molar-refractivity contribution in [2.24, 2.45) is 5.73 Å². The third kappa shape index (κ3) is 4.93. The molecule has 178 valence electrons. The van der Waals surface area contributed by atoms with E-state index in [1.165, 1.54) is 31.1 Å². The smallest absolute Gasteiger partial charge is 0.256 e. The lowest BCUT2D eigenvalue weighted by Crippen LogP contribution is -2.29. The molecule has 1 aliphatic rings. The summed E-state index contributed by atoms with van der Waals surface area (Å²) >= 11 is 3.59. The molecule has 0 aliphatic carbocycles. The van der Waals surface area contributed by atoms with E-state index in [1.54, 1.807) is 0 Å². The van der Waals surface area contributed by atoms with Crippen molar-refractivity contribution in [2.45, 2.75) is 32.6 Å². The number of aryl methyl sites for hydroxylation is 2. The van der Waals surface area contributed by atoms with Crippen LogP contribution >= 0.6 is 15.9 Å². The molecule has 7 nitrogen and oxygen atoms in total. The van der Waals surface area contributed by atoms with Gasteiger partial charge in [0.05, 0.1) is 12.8 Å². The Morgan fingerprint density at radius 3 is 2.50 bits per heavy atom. The number of rotatable bonds is 6. The number of amides is 1. The zero-order valence-corrected chi connectivity index (χ0v) is 21.6. The Bertz CT molecular complexity index is 1200. The number of halogens is 1. The van der Waals surface area contributed by atoms with Crippen molar-refractivity contribution in [3.05, 3.63) is 63.1 Å². The lowest BCUT2D eigenvalue weighted by atomic mass is 9.87. The molecule has 34 heavy (non-hydrogen) atoms. The number of aromatic nitrogens is 2. The normalized spacial score (nSPS) is 14.7. The van der Waals surface area contributed by atoms with Gasteiger partial charge in [0.2, 0.25) is 11.8 Å². The van der Waals surface area contributed by atoms with E-state index < -0.39 is 5.91 Å². The number of likely N-dealkylation sites (tertiary alicyclic amines) is 1. The van der Waals surface area contributed by atoms with Gasteiger partial charge in [-0.2, -0.15) is 4.98 Å². The van der Waals surface area contributed by atoms with Gasteiger partial charge < -0.3 is 20.7 Å². The molecule has 1 fully saturated rings. The van der Waals surface area contributed by atoms with Gasteiger partial charge in [0.1, 0.15) is 5.56 Å². The molecular weight excluding hydrogens is 494 g/mol. The van der Waals surface area contributed by atoms with E-state index in [0.29, 0.717) is 17.6 Å². The van der Waals surface area contributed by atoms with Crippen LogP contribution in [0.25, 0.3) is 11.3 Å². The summed E-state index contributed by atoms with van der Waals surface area (Å²) in [5, 5.41) is 3.29. The number of hydrogen-bond acceptors (Lipinski definition) is 6. The van der Waals surface area contributed by atoms with E-state index in [2.05, 4.69) is 63.3 Å². The topological polar surface area (TPSA) is 93.4 Å². The summed E-state index contributed by atoms with van der Waals surface area (Å²) in [5.74, 6) is 0.404. The first-order chi connectivity index (χ1) is 16.3. The SMILES string of the molecule is COc1nc(Nc2ccc(C3CCN(C)CC3)c(C)c2)nc(-c2c(C)cccc2Br)c1C(N)=O. The Hall–Kier alpha value is -2.97. The quantitative estimate of drug-likeness (QED) is 0.462. The van der Waals surface area contributed by atoms with Crippen LogP contribution in [0.1, 0.15) is 45.8 Å². The van der Waals surface area contributed by atoms with Crippen molar-refractivity contribution >= 4 is 33.5 Å². The number of anilines is 2. The van der Waals surface area contributed by atoms with Crippen LogP contribution in [-0.4, -0.2) is 48.0 Å². The molecule has 0 unspecified atom stereocenters. The minimum absolute atomic E-state index is 0.134. The minimum atomic E-state index is -0.646. The average Bonchev–Trinajstić information content (AvgIpc) is 2.79. The highest BCUT2D eigenvalue weighted by Crippen LogP contribution is 2.37. The molecule has 1 aliphatic heterocycles. The van der Waals surface area contributed by atoms with E-state index in [1.807, 2.05) is 25.1 Å². The Kier molecular flexibility index (Phi) is 7.19. The molecule has 0 radical (unpaired) electrons. The van der Waals surface area contributed by atoms with Gasteiger partial charge in [-0.15, -0.1) is 0 Å². The maximum atomic E-state index is 12.3. The second-order valence-electron chi connectivity index (χ2n) is 8.85. The average molecular weight is 524 g/mol. The Morgan fingerprint density at radius 1 is 1.15 bits per heavy atom. The summed E-state index contributed by atoms with van der Waals surface area (Å²) in [7, 11) is 3.65. The van der Waals surface area contributed by atoms with Gasteiger partial charge in [0.15, 0.2) is 0 Å². The lowest BCUT2D eigenvalue weighted by molar-refractivity contribution is 0.0997. The van der Waals surface area contributed by atoms with Crippen molar-refractivity contribution in [2.75, 3.05) is 32.6 Å². The van der Waals surface area contributed by atoms with Gasteiger partial charge in [0, 0.05) is 15.7 Å². The fourth-order valence-corrected chi connectivity index (χ4v) is 5.29. The van der Waals surface area contributed by atoms with Crippen molar-refractivity contribution in [3.63, 3.8) is 0 Å². The number of hydrogen-bond donors (Lipinski definition) is 2. The fraction of sp³-hybridized carbons (Fsp3) is 0.346. The summed E-state index contributed by atoms with van der Waals surface area (Å²) < 4.78 is 6.25. The van der Waals surface area contributed by atoms with Crippen LogP contribution in [0.3, 0.4) is 0 Å². The number of carbonyl (C=O) groups excluding carboxylic acids is 1. The van der Waals surface area contributed by atoms with Gasteiger partial charge >= 0.3 is 0 Å². The largest absolute Gasteiger partial charge is 0.480 e. The molecule has 2 heterocycles. The van der Waals surface area contributed by atoms with E-state index in [4.69, 9.17) is 15.5 Å². The third-order valence-corrected chi connectivity index (χ3v) is 7.12. The maximum Gasteiger partial charge on any atom is 0.256 e. The zero-order chi connectivity index (χ0) is 24.4. The Labute approximate surface area is 208 Å². The molecule has 0 saturated carbocycles. The van der Waals surface area contributed by atoms with Crippen molar-refractivity contribution < 1.29 is 9.53 Å². The molecule has 1 amide bonds. The second kappa shape index (κ2) is 10.1. The number of benzene rings is 2. The molecular formula is C26H30BrN5O2. The number of ether oxygens (including phenoxy) is 1. The highest BCUT2D eigenvalue weighted by atomic mass is 79.9. The van der Waals surface area contributed by atoms with E-state index in [0.717, 1.165) is 34.4 Å². The van der Waals surface area contributed by atoms with Gasteiger partial charge in [-0.05, 0) is 87.6 Å². The van der Waals surface area contributed by atoms with E-state index in [9.17, 15) is 4.79 Å².